The maximum atomic E-state index is 5.84. The van der Waals surface area contributed by atoms with Crippen molar-refractivity contribution in [3.8, 4) is 0 Å². The van der Waals surface area contributed by atoms with E-state index in [0.29, 0.717) is 12.0 Å². The van der Waals surface area contributed by atoms with E-state index in [1.807, 2.05) is 11.3 Å². The molecule has 1 aromatic rings. The largest absolute Gasteiger partial charge is 0.329 e. The molecule has 2 nitrogen and oxygen atoms in total. The Hall–Kier alpha value is -0.380. The van der Waals surface area contributed by atoms with Gasteiger partial charge in [-0.15, -0.1) is 11.3 Å². The van der Waals surface area contributed by atoms with Gasteiger partial charge in [-0.1, -0.05) is 26.8 Å². The molecule has 0 aliphatic heterocycles. The lowest BCUT2D eigenvalue weighted by molar-refractivity contribution is 0.161. The summed E-state index contributed by atoms with van der Waals surface area (Å²) in [6.07, 6.45) is 0. The molecule has 0 spiro atoms. The van der Waals surface area contributed by atoms with E-state index in [2.05, 4.69) is 43.2 Å². The van der Waals surface area contributed by atoms with Crippen molar-refractivity contribution in [2.75, 3.05) is 13.1 Å². The van der Waals surface area contributed by atoms with Crippen LogP contribution in [0.15, 0.2) is 17.5 Å². The van der Waals surface area contributed by atoms with Crippen molar-refractivity contribution < 1.29 is 0 Å². The van der Waals surface area contributed by atoms with Gasteiger partial charge in [0.1, 0.15) is 0 Å². The highest BCUT2D eigenvalue weighted by Crippen LogP contribution is 2.16. The summed E-state index contributed by atoms with van der Waals surface area (Å²) >= 11 is 1.82. The van der Waals surface area contributed by atoms with Gasteiger partial charge in [-0.05, 0) is 23.9 Å². The summed E-state index contributed by atoms with van der Waals surface area (Å²) in [6, 6.07) is 4.80. The summed E-state index contributed by atoms with van der Waals surface area (Å²) in [7, 11) is 0. The quantitative estimate of drug-likeness (QED) is 0.808. The highest BCUT2D eigenvalue weighted by Gasteiger charge is 2.19. The van der Waals surface area contributed by atoms with Crippen molar-refractivity contribution in [3.63, 3.8) is 0 Å². The predicted molar refractivity (Wildman–Crippen MR) is 68.1 cm³/mol. The van der Waals surface area contributed by atoms with Gasteiger partial charge in [-0.3, -0.25) is 4.90 Å². The van der Waals surface area contributed by atoms with Crippen molar-refractivity contribution in [2.24, 2.45) is 11.7 Å². The average Bonchev–Trinajstić information content (AvgIpc) is 2.69. The van der Waals surface area contributed by atoms with Crippen LogP contribution in [-0.4, -0.2) is 24.0 Å². The zero-order chi connectivity index (χ0) is 11.3. The van der Waals surface area contributed by atoms with E-state index >= 15 is 0 Å². The Bertz CT molecular complexity index is 257. The third kappa shape index (κ3) is 3.59. The topological polar surface area (TPSA) is 29.3 Å². The van der Waals surface area contributed by atoms with Crippen molar-refractivity contribution in [1.82, 2.24) is 4.90 Å². The van der Waals surface area contributed by atoms with Crippen LogP contribution in [0.3, 0.4) is 0 Å². The smallest absolute Gasteiger partial charge is 0.0331 e. The van der Waals surface area contributed by atoms with E-state index < -0.39 is 0 Å². The third-order valence-electron chi connectivity index (χ3n) is 2.83. The fourth-order valence-electron chi connectivity index (χ4n) is 1.91. The first kappa shape index (κ1) is 12.7. The Morgan fingerprint density at radius 1 is 1.47 bits per heavy atom. The fourth-order valence-corrected chi connectivity index (χ4v) is 2.64. The Morgan fingerprint density at radius 3 is 2.60 bits per heavy atom. The van der Waals surface area contributed by atoms with E-state index in [1.54, 1.807) is 0 Å². The molecule has 86 valence electrons. The average molecular weight is 226 g/mol. The molecule has 1 aromatic heterocycles. The van der Waals surface area contributed by atoms with Gasteiger partial charge >= 0.3 is 0 Å². The van der Waals surface area contributed by atoms with Crippen LogP contribution in [0.1, 0.15) is 25.6 Å². The predicted octanol–water partition coefficient (Wildman–Crippen LogP) is 2.55. The zero-order valence-electron chi connectivity index (χ0n) is 9.94. The minimum absolute atomic E-state index is 0.497. The second kappa shape index (κ2) is 6.26. The minimum Gasteiger partial charge on any atom is -0.329 e. The Kier molecular flexibility index (Phi) is 5.29. The summed E-state index contributed by atoms with van der Waals surface area (Å²) in [5, 5.41) is 2.13. The molecule has 0 saturated heterocycles. The molecule has 1 rings (SSSR count). The second-order valence-corrected chi connectivity index (χ2v) is 5.22. The lowest BCUT2D eigenvalue weighted by Gasteiger charge is -2.32. The molecule has 0 saturated carbocycles. The Labute approximate surface area is 97.1 Å². The molecule has 1 heterocycles. The first-order valence-corrected chi connectivity index (χ1v) is 6.53. The van der Waals surface area contributed by atoms with Crippen LogP contribution in [0.2, 0.25) is 0 Å². The van der Waals surface area contributed by atoms with Gasteiger partial charge in [0.05, 0.1) is 0 Å². The number of rotatable bonds is 6. The molecule has 1 unspecified atom stereocenters. The van der Waals surface area contributed by atoms with Crippen LogP contribution < -0.4 is 5.73 Å². The van der Waals surface area contributed by atoms with Crippen LogP contribution in [0, 0.1) is 5.92 Å². The van der Waals surface area contributed by atoms with Crippen LogP contribution >= 0.6 is 11.3 Å². The molecular formula is C12H22N2S. The van der Waals surface area contributed by atoms with Gasteiger partial charge in [-0.25, -0.2) is 0 Å². The van der Waals surface area contributed by atoms with Gasteiger partial charge < -0.3 is 5.73 Å². The fraction of sp³-hybridized carbons (Fsp3) is 0.667. The maximum absolute atomic E-state index is 5.84. The number of nitrogens with two attached hydrogens (primary N) is 1. The highest BCUT2D eigenvalue weighted by atomic mass is 32.1. The lowest BCUT2D eigenvalue weighted by Crippen LogP contribution is -2.43. The first-order valence-electron chi connectivity index (χ1n) is 5.65. The number of hydrogen-bond donors (Lipinski definition) is 1. The van der Waals surface area contributed by atoms with E-state index in [9.17, 15) is 0 Å². The summed E-state index contributed by atoms with van der Waals surface area (Å²) in [6.45, 7) is 9.55. The maximum Gasteiger partial charge on any atom is 0.0331 e. The number of nitrogens with zero attached hydrogens (tertiary/aromatic N) is 1. The molecule has 0 radical (unpaired) electrons. The third-order valence-corrected chi connectivity index (χ3v) is 3.69. The molecule has 1 atom stereocenters. The monoisotopic (exact) mass is 226 g/mol. The summed E-state index contributed by atoms with van der Waals surface area (Å²) in [5.74, 6) is 0.620. The van der Waals surface area contributed by atoms with Crippen LogP contribution in [0.4, 0.5) is 0 Å². The van der Waals surface area contributed by atoms with Crippen LogP contribution in [0.5, 0.6) is 0 Å². The summed E-state index contributed by atoms with van der Waals surface area (Å²) in [4.78, 5) is 3.90. The Balaban J connectivity index is 2.61. The van der Waals surface area contributed by atoms with E-state index in [1.165, 1.54) is 4.88 Å². The van der Waals surface area contributed by atoms with E-state index in [-0.39, 0.29) is 0 Å². The summed E-state index contributed by atoms with van der Waals surface area (Å²) < 4.78 is 0. The molecule has 2 N–H and O–H groups in total. The van der Waals surface area contributed by atoms with Crippen molar-refractivity contribution in [1.29, 1.82) is 0 Å². The van der Waals surface area contributed by atoms with Crippen LogP contribution in [0.25, 0.3) is 0 Å². The standard InChI is InChI=1S/C12H22N2S/c1-4-14(12(8-13)10(2)3)9-11-6-5-7-15-11/h5-7,10,12H,4,8-9,13H2,1-3H3. The number of likely N-dealkylation sites (N-methyl/N-ethyl adjacent to an activating group) is 1. The van der Waals surface area contributed by atoms with Gasteiger partial charge in [-0.2, -0.15) is 0 Å². The normalized spacial score (nSPS) is 13.7. The molecule has 3 heteroatoms. The van der Waals surface area contributed by atoms with Gasteiger partial charge in [0.2, 0.25) is 0 Å². The molecule has 0 bridgehead atoms. The molecule has 0 aromatic carbocycles. The van der Waals surface area contributed by atoms with Gasteiger partial charge in [0.15, 0.2) is 0 Å². The molecule has 15 heavy (non-hydrogen) atoms. The van der Waals surface area contributed by atoms with Crippen molar-refractivity contribution in [3.05, 3.63) is 22.4 Å². The van der Waals surface area contributed by atoms with Crippen molar-refractivity contribution >= 4 is 11.3 Å². The van der Waals surface area contributed by atoms with Gasteiger partial charge in [0.25, 0.3) is 0 Å². The lowest BCUT2D eigenvalue weighted by atomic mass is 10.0. The second-order valence-electron chi connectivity index (χ2n) is 4.19. The molecule has 0 fully saturated rings. The number of thiophene rings is 1. The first-order chi connectivity index (χ1) is 7.19. The highest BCUT2D eigenvalue weighted by molar-refractivity contribution is 7.09. The Morgan fingerprint density at radius 2 is 2.20 bits per heavy atom. The van der Waals surface area contributed by atoms with E-state index in [0.717, 1.165) is 19.6 Å². The number of hydrogen-bond acceptors (Lipinski definition) is 3. The van der Waals surface area contributed by atoms with Crippen LogP contribution in [-0.2, 0) is 6.54 Å². The molecule has 0 aliphatic rings. The minimum atomic E-state index is 0.497. The molecule has 0 aliphatic carbocycles. The molecule has 0 amide bonds. The van der Waals surface area contributed by atoms with Gasteiger partial charge in [0, 0.05) is 24.0 Å². The van der Waals surface area contributed by atoms with Crippen molar-refractivity contribution in [2.45, 2.75) is 33.4 Å². The summed E-state index contributed by atoms with van der Waals surface area (Å²) in [5.41, 5.74) is 5.84. The zero-order valence-corrected chi connectivity index (χ0v) is 10.8. The van der Waals surface area contributed by atoms with E-state index in [4.69, 9.17) is 5.73 Å². The SMILES string of the molecule is CCN(Cc1cccs1)C(CN)C(C)C. The molecular weight excluding hydrogens is 204 g/mol.